The quantitative estimate of drug-likeness (QED) is 0.689. The predicted octanol–water partition coefficient (Wildman–Crippen LogP) is 2.11. The Kier molecular flexibility index (Phi) is 3.65. The van der Waals surface area contributed by atoms with Gasteiger partial charge in [-0.2, -0.15) is 0 Å². The summed E-state index contributed by atoms with van der Waals surface area (Å²) in [4.78, 5) is 0. The molecule has 0 N–H and O–H groups in total. The summed E-state index contributed by atoms with van der Waals surface area (Å²) in [7, 11) is 0. The molecule has 0 unspecified atom stereocenters. The zero-order valence-electron chi connectivity index (χ0n) is 9.66. The molecule has 2 nitrogen and oxygen atoms in total. The minimum absolute atomic E-state index is 0.382. The van der Waals surface area contributed by atoms with Gasteiger partial charge in [0.05, 0.1) is 6.42 Å². The van der Waals surface area contributed by atoms with Gasteiger partial charge in [0.1, 0.15) is 0 Å². The Hall–Kier alpha value is -1.70. The monoisotopic (exact) mass is 214 g/mol. The van der Waals surface area contributed by atoms with Gasteiger partial charge >= 0.3 is 6.17 Å². The van der Waals surface area contributed by atoms with Crippen LogP contribution in [0.5, 0.6) is 0 Å². The fourth-order valence-corrected chi connectivity index (χ4v) is 1.93. The van der Waals surface area contributed by atoms with Crippen LogP contribution in [-0.4, -0.2) is 0 Å². The van der Waals surface area contributed by atoms with Crippen LogP contribution in [0.3, 0.4) is 0 Å². The van der Waals surface area contributed by atoms with E-state index in [0.717, 1.165) is 6.42 Å². The lowest BCUT2D eigenvalue weighted by Crippen LogP contribution is -2.56. The number of rotatable bonds is 4. The minimum Gasteiger partial charge on any atom is -0.144 e. The fraction of sp³-hybridized carbons (Fsp3) is 0.286. The molecule has 2 heterocycles. The van der Waals surface area contributed by atoms with Gasteiger partial charge < -0.3 is 0 Å². The van der Waals surface area contributed by atoms with E-state index in [4.69, 9.17) is 0 Å². The van der Waals surface area contributed by atoms with Gasteiger partial charge in [-0.3, -0.25) is 0 Å². The van der Waals surface area contributed by atoms with Crippen molar-refractivity contribution in [3.63, 3.8) is 0 Å². The number of nitrogens with zero attached hydrogens (tertiary/aromatic N) is 2. The van der Waals surface area contributed by atoms with E-state index in [-0.39, 0.29) is 0 Å². The average Bonchev–Trinajstić information content (AvgIpc) is 2.38. The molecule has 0 saturated carbocycles. The predicted molar refractivity (Wildman–Crippen MR) is 62.6 cm³/mol. The molecule has 0 aliphatic carbocycles. The zero-order chi connectivity index (χ0) is 11.2. The summed E-state index contributed by atoms with van der Waals surface area (Å²) in [6, 6.07) is 12.4. The molecule has 0 bridgehead atoms. The van der Waals surface area contributed by atoms with Crippen LogP contribution in [0, 0.1) is 0 Å². The van der Waals surface area contributed by atoms with E-state index < -0.39 is 0 Å². The molecule has 2 rings (SSSR count). The van der Waals surface area contributed by atoms with E-state index in [9.17, 15) is 0 Å². The zero-order valence-corrected chi connectivity index (χ0v) is 9.66. The average molecular weight is 214 g/mol. The highest BCUT2D eigenvalue weighted by Gasteiger charge is 2.24. The lowest BCUT2D eigenvalue weighted by atomic mass is 10.2. The first-order valence-electron chi connectivity index (χ1n) is 5.83. The maximum Gasteiger partial charge on any atom is 0.352 e. The van der Waals surface area contributed by atoms with Crippen molar-refractivity contribution in [1.29, 1.82) is 0 Å². The van der Waals surface area contributed by atoms with Gasteiger partial charge in [0, 0.05) is 24.3 Å². The normalized spacial score (nSPS) is 10.6. The first-order chi connectivity index (χ1) is 7.92. The Balaban J connectivity index is 2.31. The molecular formula is C14H18N2+2. The van der Waals surface area contributed by atoms with Crippen LogP contribution >= 0.6 is 0 Å². The standard InChI is InChI=1S/C14H18N2/c1-2-9-14(15-10-5-3-6-11-15)16-12-7-4-8-13-16/h3-8,10-14H,2,9H2,1H3/q+2. The molecule has 0 spiro atoms. The third-order valence-electron chi connectivity index (χ3n) is 2.71. The maximum atomic E-state index is 2.25. The van der Waals surface area contributed by atoms with Gasteiger partial charge in [0.25, 0.3) is 0 Å². The number of hydrogen-bond acceptors (Lipinski definition) is 0. The molecule has 16 heavy (non-hydrogen) atoms. The van der Waals surface area contributed by atoms with Crippen molar-refractivity contribution in [3.05, 3.63) is 61.2 Å². The second kappa shape index (κ2) is 5.40. The fourth-order valence-electron chi connectivity index (χ4n) is 1.93. The SMILES string of the molecule is CCCC([n+]1ccccc1)[n+]1ccccc1. The summed E-state index contributed by atoms with van der Waals surface area (Å²) in [5, 5.41) is 0. The topological polar surface area (TPSA) is 7.76 Å². The van der Waals surface area contributed by atoms with Crippen LogP contribution < -0.4 is 9.13 Å². The molecule has 2 heteroatoms. The van der Waals surface area contributed by atoms with Crippen LogP contribution in [-0.2, 0) is 0 Å². The molecule has 82 valence electrons. The highest BCUT2D eigenvalue weighted by molar-refractivity contribution is 4.85. The molecule has 2 aromatic heterocycles. The van der Waals surface area contributed by atoms with E-state index >= 15 is 0 Å². The van der Waals surface area contributed by atoms with Crippen molar-refractivity contribution in [2.45, 2.75) is 25.9 Å². The molecule has 0 aliphatic rings. The van der Waals surface area contributed by atoms with Crippen LogP contribution in [0.15, 0.2) is 61.2 Å². The molecule has 0 radical (unpaired) electrons. The molecule has 0 saturated heterocycles. The Morgan fingerprint density at radius 3 is 1.56 bits per heavy atom. The first kappa shape index (κ1) is 10.8. The second-order valence-electron chi connectivity index (χ2n) is 3.91. The minimum atomic E-state index is 0.382. The Morgan fingerprint density at radius 1 is 0.750 bits per heavy atom. The summed E-state index contributed by atoms with van der Waals surface area (Å²) in [6.45, 7) is 2.22. The number of hydrogen-bond donors (Lipinski definition) is 0. The molecule has 0 fully saturated rings. The van der Waals surface area contributed by atoms with Crippen LogP contribution in [0.1, 0.15) is 25.9 Å². The third kappa shape index (κ3) is 2.45. The van der Waals surface area contributed by atoms with Gasteiger partial charge in [0.2, 0.25) is 0 Å². The number of aromatic nitrogens is 2. The van der Waals surface area contributed by atoms with Gasteiger partial charge in [-0.15, -0.1) is 9.13 Å². The smallest absolute Gasteiger partial charge is 0.144 e. The summed E-state index contributed by atoms with van der Waals surface area (Å²) >= 11 is 0. The molecule has 0 amide bonds. The van der Waals surface area contributed by atoms with Gasteiger partial charge in [-0.05, 0) is 6.42 Å². The second-order valence-corrected chi connectivity index (χ2v) is 3.91. The van der Waals surface area contributed by atoms with Crippen LogP contribution in [0.2, 0.25) is 0 Å². The van der Waals surface area contributed by atoms with E-state index in [1.807, 2.05) is 0 Å². The largest absolute Gasteiger partial charge is 0.352 e. The highest BCUT2D eigenvalue weighted by atomic mass is 15.2. The number of pyridine rings is 2. The Labute approximate surface area is 96.8 Å². The van der Waals surface area contributed by atoms with E-state index in [1.165, 1.54) is 6.42 Å². The van der Waals surface area contributed by atoms with Crippen LogP contribution in [0.4, 0.5) is 0 Å². The van der Waals surface area contributed by atoms with Gasteiger partial charge in [-0.25, -0.2) is 0 Å². The molecule has 0 aromatic carbocycles. The van der Waals surface area contributed by atoms with Gasteiger partial charge in [0.15, 0.2) is 24.8 Å². The Bertz CT molecular complexity index is 372. The van der Waals surface area contributed by atoms with E-state index in [0.29, 0.717) is 6.17 Å². The van der Waals surface area contributed by atoms with Crippen molar-refractivity contribution < 1.29 is 9.13 Å². The highest BCUT2D eigenvalue weighted by Crippen LogP contribution is 2.01. The van der Waals surface area contributed by atoms with Crippen molar-refractivity contribution >= 4 is 0 Å². The molecule has 0 atom stereocenters. The summed E-state index contributed by atoms with van der Waals surface area (Å²) in [5.74, 6) is 0. The molecule has 2 aromatic rings. The lowest BCUT2D eigenvalue weighted by molar-refractivity contribution is -0.945. The van der Waals surface area contributed by atoms with Crippen LogP contribution in [0.25, 0.3) is 0 Å². The molecular weight excluding hydrogens is 196 g/mol. The Morgan fingerprint density at radius 2 is 1.19 bits per heavy atom. The van der Waals surface area contributed by atoms with Crippen molar-refractivity contribution in [2.24, 2.45) is 0 Å². The first-order valence-corrected chi connectivity index (χ1v) is 5.83. The van der Waals surface area contributed by atoms with E-state index in [1.54, 1.807) is 0 Å². The van der Waals surface area contributed by atoms with Gasteiger partial charge in [-0.1, -0.05) is 19.1 Å². The van der Waals surface area contributed by atoms with Crippen molar-refractivity contribution in [2.75, 3.05) is 0 Å². The van der Waals surface area contributed by atoms with Crippen molar-refractivity contribution in [3.8, 4) is 0 Å². The lowest BCUT2D eigenvalue weighted by Gasteiger charge is -2.06. The molecule has 0 aliphatic heterocycles. The summed E-state index contributed by atoms with van der Waals surface area (Å²) in [6.07, 6.45) is 11.2. The maximum absolute atomic E-state index is 2.25. The summed E-state index contributed by atoms with van der Waals surface area (Å²) in [5.41, 5.74) is 0. The summed E-state index contributed by atoms with van der Waals surface area (Å²) < 4.78 is 4.51. The van der Waals surface area contributed by atoms with E-state index in [2.05, 4.69) is 77.2 Å². The van der Waals surface area contributed by atoms with Crippen molar-refractivity contribution in [1.82, 2.24) is 0 Å². The third-order valence-corrected chi connectivity index (χ3v) is 2.71.